The smallest absolute Gasteiger partial charge is 0.256 e. The number of nitrogens with one attached hydrogen (secondary N) is 1. The van der Waals surface area contributed by atoms with E-state index in [4.69, 9.17) is 17.0 Å². The Morgan fingerprint density at radius 1 is 1.23 bits per heavy atom. The lowest BCUT2D eigenvalue weighted by Crippen LogP contribution is -2.39. The van der Waals surface area contributed by atoms with Gasteiger partial charge in [0.2, 0.25) is 5.91 Å². The van der Waals surface area contributed by atoms with Gasteiger partial charge in [0.25, 0.3) is 5.17 Å². The van der Waals surface area contributed by atoms with Crippen LogP contribution in [0, 0.1) is 5.92 Å². The van der Waals surface area contributed by atoms with E-state index >= 15 is 0 Å². The fourth-order valence-corrected chi connectivity index (χ4v) is 3.94. The minimum Gasteiger partial charge on any atom is -0.471 e. The Morgan fingerprint density at radius 3 is 2.88 bits per heavy atom. The number of hydrogen-bond donors (Lipinski definition) is 1. The molecule has 1 aliphatic heterocycles. The molecule has 1 fully saturated rings. The third-order valence-corrected chi connectivity index (χ3v) is 5.39. The van der Waals surface area contributed by atoms with E-state index in [2.05, 4.69) is 11.4 Å². The lowest BCUT2D eigenvalue weighted by Gasteiger charge is -2.38. The van der Waals surface area contributed by atoms with E-state index < -0.39 is 0 Å². The Hall–Kier alpha value is -1.88. The van der Waals surface area contributed by atoms with Crippen LogP contribution in [0.2, 0.25) is 0 Å². The molecule has 0 saturated carbocycles. The Morgan fingerprint density at radius 2 is 2.04 bits per heavy atom. The van der Waals surface area contributed by atoms with Crippen molar-refractivity contribution >= 4 is 23.3 Å². The quantitative estimate of drug-likeness (QED) is 0.601. The summed E-state index contributed by atoms with van der Waals surface area (Å²) in [6, 6.07) is 10.1. The number of likely N-dealkylation sites (tertiary alicyclic amines) is 1. The van der Waals surface area contributed by atoms with Gasteiger partial charge in [-0.15, -0.1) is 0 Å². The first kappa shape index (κ1) is 18.9. The molecule has 0 radical (unpaired) electrons. The zero-order valence-corrected chi connectivity index (χ0v) is 16.1. The van der Waals surface area contributed by atoms with Crippen LogP contribution in [-0.2, 0) is 16.1 Å². The molecule has 1 aromatic rings. The molecule has 1 saturated heterocycles. The predicted molar refractivity (Wildman–Crippen MR) is 107 cm³/mol. The number of amides is 1. The molecule has 1 unspecified atom stereocenters. The number of fused-ring (bicyclic) bond motifs is 1. The van der Waals surface area contributed by atoms with Crippen LogP contribution in [0.15, 0.2) is 42.1 Å². The van der Waals surface area contributed by atoms with Crippen LogP contribution in [0.4, 0.5) is 0 Å². The number of allylic oxidation sites excluding steroid dienone is 2. The lowest BCUT2D eigenvalue weighted by atomic mass is 9.85. The van der Waals surface area contributed by atoms with Crippen LogP contribution in [0.5, 0.6) is 0 Å². The maximum atomic E-state index is 12.6. The molecule has 3 rings (SSSR count). The summed E-state index contributed by atoms with van der Waals surface area (Å²) in [6.45, 7) is 2.00. The number of thiocarbonyl (C=S) groups is 1. The van der Waals surface area contributed by atoms with Crippen molar-refractivity contribution in [2.24, 2.45) is 5.92 Å². The molecule has 140 valence electrons. The Kier molecular flexibility index (Phi) is 7.06. The van der Waals surface area contributed by atoms with Crippen molar-refractivity contribution in [1.29, 1.82) is 0 Å². The van der Waals surface area contributed by atoms with Crippen molar-refractivity contribution in [3.8, 4) is 0 Å². The van der Waals surface area contributed by atoms with Crippen molar-refractivity contribution in [2.75, 3.05) is 13.2 Å². The van der Waals surface area contributed by atoms with Crippen molar-refractivity contribution in [2.45, 2.75) is 51.5 Å². The van der Waals surface area contributed by atoms with Gasteiger partial charge in [-0.3, -0.25) is 4.79 Å². The number of carbonyl (C=O) groups is 1. The second kappa shape index (κ2) is 9.72. The van der Waals surface area contributed by atoms with Gasteiger partial charge in [0.05, 0.1) is 6.61 Å². The highest BCUT2D eigenvalue weighted by Gasteiger charge is 2.29. The van der Waals surface area contributed by atoms with Gasteiger partial charge >= 0.3 is 0 Å². The summed E-state index contributed by atoms with van der Waals surface area (Å²) in [6.07, 6.45) is 9.46. The van der Waals surface area contributed by atoms with Gasteiger partial charge < -0.3 is 15.0 Å². The molecular formula is C21H28N2O2S. The maximum absolute atomic E-state index is 12.6. The topological polar surface area (TPSA) is 41.6 Å². The third kappa shape index (κ3) is 5.31. The van der Waals surface area contributed by atoms with Gasteiger partial charge in [-0.2, -0.15) is 0 Å². The van der Waals surface area contributed by atoms with Crippen LogP contribution >= 0.6 is 12.2 Å². The predicted octanol–water partition coefficient (Wildman–Crippen LogP) is 4.16. The summed E-state index contributed by atoms with van der Waals surface area (Å²) in [5.41, 5.74) is 2.45. The van der Waals surface area contributed by atoms with Gasteiger partial charge in [0.1, 0.15) is 0 Å². The van der Waals surface area contributed by atoms with Gasteiger partial charge in [0.15, 0.2) is 0 Å². The summed E-state index contributed by atoms with van der Waals surface area (Å²) >= 11 is 5.20. The van der Waals surface area contributed by atoms with Crippen molar-refractivity contribution in [3.05, 3.63) is 47.7 Å². The molecule has 26 heavy (non-hydrogen) atoms. The Balaban J connectivity index is 1.34. The largest absolute Gasteiger partial charge is 0.471 e. The fraction of sp³-hybridized carbons (Fsp3) is 0.524. The summed E-state index contributed by atoms with van der Waals surface area (Å²) in [5.74, 6) is 0.835. The molecule has 2 aliphatic rings. The van der Waals surface area contributed by atoms with Gasteiger partial charge in [-0.05, 0) is 62.2 Å². The highest BCUT2D eigenvalue weighted by atomic mass is 32.1. The highest BCUT2D eigenvalue weighted by Crippen LogP contribution is 2.35. The van der Waals surface area contributed by atoms with Crippen LogP contribution < -0.4 is 5.32 Å². The van der Waals surface area contributed by atoms with Crippen LogP contribution in [0.1, 0.15) is 50.5 Å². The monoisotopic (exact) mass is 372 g/mol. The first-order valence-electron chi connectivity index (χ1n) is 9.69. The normalized spacial score (nSPS) is 19.3. The van der Waals surface area contributed by atoms with E-state index in [-0.39, 0.29) is 5.91 Å². The number of hydrogen-bond acceptors (Lipinski definition) is 3. The Labute approximate surface area is 161 Å². The molecule has 1 atom stereocenters. The molecule has 0 aromatic heterocycles. The van der Waals surface area contributed by atoms with E-state index in [1.165, 1.54) is 25.0 Å². The van der Waals surface area contributed by atoms with E-state index in [1.807, 2.05) is 35.2 Å². The molecule has 1 N–H and O–H groups in total. The van der Waals surface area contributed by atoms with E-state index in [0.29, 0.717) is 37.1 Å². The number of piperidine rings is 1. The van der Waals surface area contributed by atoms with Gasteiger partial charge in [0, 0.05) is 25.2 Å². The number of benzene rings is 1. The van der Waals surface area contributed by atoms with Crippen molar-refractivity contribution in [3.63, 3.8) is 0 Å². The summed E-state index contributed by atoms with van der Waals surface area (Å²) in [4.78, 5) is 14.6. The number of carbonyl (C=O) groups excluding carboxylic acids is 1. The maximum Gasteiger partial charge on any atom is 0.256 e. The molecule has 1 amide bonds. The van der Waals surface area contributed by atoms with Gasteiger partial charge in [-0.1, -0.05) is 36.4 Å². The molecular weight excluding hydrogens is 344 g/mol. The van der Waals surface area contributed by atoms with E-state index in [9.17, 15) is 4.79 Å². The molecule has 1 aliphatic carbocycles. The van der Waals surface area contributed by atoms with Crippen LogP contribution in [-0.4, -0.2) is 29.1 Å². The van der Waals surface area contributed by atoms with Crippen LogP contribution in [0.3, 0.4) is 0 Å². The van der Waals surface area contributed by atoms with Gasteiger partial charge in [-0.25, -0.2) is 0 Å². The van der Waals surface area contributed by atoms with Crippen LogP contribution in [0.25, 0.3) is 0 Å². The summed E-state index contributed by atoms with van der Waals surface area (Å²) in [5, 5.41) is 3.49. The number of nitrogens with zero attached hydrogens (tertiary/aromatic N) is 1. The summed E-state index contributed by atoms with van der Waals surface area (Å²) < 4.78 is 5.54. The van der Waals surface area contributed by atoms with E-state index in [0.717, 1.165) is 24.9 Å². The second-order valence-electron chi connectivity index (χ2n) is 7.02. The minimum atomic E-state index is 0.231. The number of rotatable bonds is 6. The molecule has 1 aromatic carbocycles. The van der Waals surface area contributed by atoms with E-state index in [1.54, 1.807) is 0 Å². The SMILES string of the molecule is O=C(CCCOC(=S)NCc1ccccc1)N1CCCC2CCCC=C21. The molecule has 0 spiro atoms. The third-order valence-electron chi connectivity index (χ3n) is 5.12. The standard InChI is InChI=1S/C21H28N2O2S/c24-20(23-14-6-11-18-10-4-5-12-19(18)23)13-7-15-25-21(26)22-16-17-8-2-1-3-9-17/h1-3,8-9,12,18H,4-7,10-11,13-16H2,(H,22,26). The second-order valence-corrected chi connectivity index (χ2v) is 7.39. The van der Waals surface area contributed by atoms with Crippen molar-refractivity contribution in [1.82, 2.24) is 10.2 Å². The molecule has 5 heteroatoms. The molecule has 0 bridgehead atoms. The molecule has 4 nitrogen and oxygen atoms in total. The first-order chi connectivity index (χ1) is 12.7. The number of ether oxygens (including phenoxy) is 1. The average molecular weight is 373 g/mol. The Bertz CT molecular complexity index is 645. The van der Waals surface area contributed by atoms with Crippen molar-refractivity contribution < 1.29 is 9.53 Å². The molecule has 1 heterocycles. The zero-order valence-electron chi connectivity index (χ0n) is 15.3. The average Bonchev–Trinajstić information content (AvgIpc) is 2.70. The minimum absolute atomic E-state index is 0.231. The highest BCUT2D eigenvalue weighted by molar-refractivity contribution is 7.80. The first-order valence-corrected chi connectivity index (χ1v) is 10.1. The zero-order chi connectivity index (χ0) is 18.2. The lowest BCUT2D eigenvalue weighted by molar-refractivity contribution is -0.130. The summed E-state index contributed by atoms with van der Waals surface area (Å²) in [7, 11) is 0. The fourth-order valence-electron chi connectivity index (χ4n) is 3.79.